The van der Waals surface area contributed by atoms with Crippen LogP contribution in [0, 0.1) is 0 Å². The van der Waals surface area contributed by atoms with Crippen molar-refractivity contribution in [1.82, 2.24) is 15.0 Å². The Hall–Kier alpha value is -2.56. The Kier molecular flexibility index (Phi) is 2.59. The molecule has 19 heavy (non-hydrogen) atoms. The maximum atomic E-state index is 6.04. The number of rotatable bonds is 2. The molecule has 96 valence electrons. The van der Waals surface area contributed by atoms with Gasteiger partial charge in [-0.1, -0.05) is 25.1 Å². The monoisotopic (exact) mass is 253 g/mol. The number of hydrogen-bond donors (Lipinski definition) is 3. The number of nitrogens with one attached hydrogen (secondary N) is 1. The molecular weight excluding hydrogens is 238 g/mol. The minimum atomic E-state index is 0.219. The van der Waals surface area contributed by atoms with Crippen LogP contribution in [-0.4, -0.2) is 15.0 Å². The van der Waals surface area contributed by atoms with Crippen molar-refractivity contribution in [3.63, 3.8) is 0 Å². The topological polar surface area (TPSA) is 93.6 Å². The fraction of sp³-hybridized carbons (Fsp3) is 0.143. The fourth-order valence-electron chi connectivity index (χ4n) is 2.39. The van der Waals surface area contributed by atoms with E-state index in [2.05, 4.69) is 21.0 Å². The first-order valence-electron chi connectivity index (χ1n) is 6.19. The average molecular weight is 253 g/mol. The van der Waals surface area contributed by atoms with E-state index < -0.39 is 0 Å². The molecule has 0 saturated heterocycles. The normalized spacial score (nSPS) is 11.0. The molecule has 0 amide bonds. The molecule has 5 heteroatoms. The molecule has 2 aromatic heterocycles. The Labute approximate surface area is 110 Å². The van der Waals surface area contributed by atoms with Gasteiger partial charge in [-0.25, -0.2) is 4.98 Å². The molecule has 1 aromatic carbocycles. The number of anilines is 2. The van der Waals surface area contributed by atoms with E-state index in [4.69, 9.17) is 11.5 Å². The summed E-state index contributed by atoms with van der Waals surface area (Å²) in [5.74, 6) is 0.642. The molecule has 0 radical (unpaired) electrons. The number of H-pyrrole nitrogens is 1. The van der Waals surface area contributed by atoms with Gasteiger partial charge < -0.3 is 16.5 Å². The van der Waals surface area contributed by atoms with Crippen molar-refractivity contribution in [2.75, 3.05) is 11.5 Å². The van der Waals surface area contributed by atoms with Crippen LogP contribution in [0.3, 0.4) is 0 Å². The molecule has 0 unspecified atom stereocenters. The first kappa shape index (κ1) is 11.5. The number of nitrogen functional groups attached to an aromatic ring is 2. The average Bonchev–Trinajstić information content (AvgIpc) is 2.86. The van der Waals surface area contributed by atoms with Crippen molar-refractivity contribution in [2.45, 2.75) is 13.3 Å². The Bertz CT molecular complexity index is 745. The number of nitrogens with zero attached hydrogens (tertiary/aromatic N) is 2. The molecule has 2 heterocycles. The molecule has 0 aliphatic carbocycles. The quantitative estimate of drug-likeness (QED) is 0.653. The van der Waals surface area contributed by atoms with Crippen LogP contribution in [-0.2, 0) is 6.42 Å². The number of hydrogen-bond acceptors (Lipinski definition) is 4. The number of para-hydroxylation sites is 1. The molecule has 5 N–H and O–H groups in total. The lowest BCUT2D eigenvalue weighted by atomic mass is 10.0. The van der Waals surface area contributed by atoms with Crippen LogP contribution in [0.15, 0.2) is 30.5 Å². The maximum Gasteiger partial charge on any atom is 0.222 e. The van der Waals surface area contributed by atoms with E-state index in [1.54, 1.807) is 0 Å². The number of aromatic nitrogens is 3. The number of nitrogens with two attached hydrogens (primary N) is 2. The zero-order chi connectivity index (χ0) is 13.4. The van der Waals surface area contributed by atoms with Gasteiger partial charge in [0.25, 0.3) is 0 Å². The summed E-state index contributed by atoms with van der Waals surface area (Å²) in [6, 6.07) is 8.10. The Morgan fingerprint density at radius 2 is 2.00 bits per heavy atom. The van der Waals surface area contributed by atoms with E-state index in [0.717, 1.165) is 34.1 Å². The molecule has 0 atom stereocenters. The van der Waals surface area contributed by atoms with Crippen LogP contribution < -0.4 is 11.5 Å². The molecule has 0 saturated carbocycles. The lowest BCUT2D eigenvalue weighted by Gasteiger charge is -2.11. The van der Waals surface area contributed by atoms with Crippen LogP contribution in [0.2, 0.25) is 0 Å². The van der Waals surface area contributed by atoms with Crippen molar-refractivity contribution in [3.05, 3.63) is 36.2 Å². The number of aromatic amines is 1. The van der Waals surface area contributed by atoms with Gasteiger partial charge >= 0.3 is 0 Å². The summed E-state index contributed by atoms with van der Waals surface area (Å²) in [7, 11) is 0. The van der Waals surface area contributed by atoms with Crippen molar-refractivity contribution in [2.24, 2.45) is 0 Å². The van der Waals surface area contributed by atoms with Crippen LogP contribution in [0.1, 0.15) is 12.6 Å². The minimum Gasteiger partial charge on any atom is -0.383 e. The molecule has 5 nitrogen and oxygen atoms in total. The standard InChI is InChI=1S/C14H15N5/c1-2-10-11(13(15)19-14(16)18-10)9-5-3-4-8-6-7-17-12(8)9/h3-7,17H,2H2,1H3,(H4,15,16,18,19). The summed E-state index contributed by atoms with van der Waals surface area (Å²) in [5, 5.41) is 1.13. The highest BCUT2D eigenvalue weighted by molar-refractivity contribution is 5.97. The number of benzene rings is 1. The largest absolute Gasteiger partial charge is 0.383 e. The van der Waals surface area contributed by atoms with Gasteiger partial charge in [0, 0.05) is 17.3 Å². The van der Waals surface area contributed by atoms with Gasteiger partial charge in [0.15, 0.2) is 0 Å². The van der Waals surface area contributed by atoms with Crippen molar-refractivity contribution >= 4 is 22.7 Å². The third kappa shape index (κ3) is 1.79. The van der Waals surface area contributed by atoms with Gasteiger partial charge in [-0.15, -0.1) is 0 Å². The van der Waals surface area contributed by atoms with E-state index in [1.807, 2.05) is 31.3 Å². The molecule has 3 aromatic rings. The summed E-state index contributed by atoms with van der Waals surface area (Å²) in [5.41, 5.74) is 15.5. The van der Waals surface area contributed by atoms with Crippen molar-refractivity contribution < 1.29 is 0 Å². The van der Waals surface area contributed by atoms with Crippen LogP contribution in [0.4, 0.5) is 11.8 Å². The Morgan fingerprint density at radius 1 is 1.16 bits per heavy atom. The smallest absolute Gasteiger partial charge is 0.222 e. The summed E-state index contributed by atoms with van der Waals surface area (Å²) in [6.45, 7) is 2.03. The second-order valence-electron chi connectivity index (χ2n) is 4.39. The van der Waals surface area contributed by atoms with E-state index in [-0.39, 0.29) is 5.95 Å². The van der Waals surface area contributed by atoms with Gasteiger partial charge in [0.05, 0.1) is 11.2 Å². The lowest BCUT2D eigenvalue weighted by Crippen LogP contribution is -2.06. The summed E-state index contributed by atoms with van der Waals surface area (Å²) < 4.78 is 0. The van der Waals surface area contributed by atoms with E-state index in [9.17, 15) is 0 Å². The predicted molar refractivity (Wildman–Crippen MR) is 77.5 cm³/mol. The number of fused-ring (bicyclic) bond motifs is 1. The molecule has 0 aliphatic heterocycles. The van der Waals surface area contributed by atoms with Gasteiger partial charge in [-0.05, 0) is 17.9 Å². The van der Waals surface area contributed by atoms with Crippen LogP contribution in [0.25, 0.3) is 22.0 Å². The first-order chi connectivity index (χ1) is 9.20. The zero-order valence-corrected chi connectivity index (χ0v) is 10.6. The van der Waals surface area contributed by atoms with Gasteiger partial charge in [0.1, 0.15) is 5.82 Å². The highest BCUT2D eigenvalue weighted by atomic mass is 15.0. The molecule has 0 fully saturated rings. The molecule has 3 rings (SSSR count). The maximum absolute atomic E-state index is 6.04. The molecular formula is C14H15N5. The molecule has 0 bridgehead atoms. The molecule has 0 aliphatic rings. The highest BCUT2D eigenvalue weighted by Crippen LogP contribution is 2.33. The first-order valence-corrected chi connectivity index (χ1v) is 6.19. The Balaban J connectivity index is 2.35. The van der Waals surface area contributed by atoms with Gasteiger partial charge in [-0.3, -0.25) is 0 Å². The van der Waals surface area contributed by atoms with Crippen LogP contribution >= 0.6 is 0 Å². The summed E-state index contributed by atoms with van der Waals surface area (Å²) in [6.07, 6.45) is 2.66. The Morgan fingerprint density at radius 3 is 2.79 bits per heavy atom. The zero-order valence-electron chi connectivity index (χ0n) is 10.6. The lowest BCUT2D eigenvalue weighted by molar-refractivity contribution is 1.02. The SMILES string of the molecule is CCc1nc(N)nc(N)c1-c1cccc2cc[nH]c12. The minimum absolute atomic E-state index is 0.219. The van der Waals surface area contributed by atoms with Crippen molar-refractivity contribution in [3.8, 4) is 11.1 Å². The summed E-state index contributed by atoms with van der Waals surface area (Å²) >= 11 is 0. The van der Waals surface area contributed by atoms with Crippen LogP contribution in [0.5, 0.6) is 0 Å². The third-order valence-corrected chi connectivity index (χ3v) is 3.22. The van der Waals surface area contributed by atoms with E-state index in [1.165, 1.54) is 0 Å². The van der Waals surface area contributed by atoms with E-state index >= 15 is 0 Å². The van der Waals surface area contributed by atoms with Gasteiger partial charge in [-0.2, -0.15) is 4.98 Å². The van der Waals surface area contributed by atoms with E-state index in [0.29, 0.717) is 5.82 Å². The second kappa shape index (κ2) is 4.28. The number of aryl methyl sites for hydroxylation is 1. The predicted octanol–water partition coefficient (Wildman–Crippen LogP) is 2.35. The third-order valence-electron chi connectivity index (χ3n) is 3.22. The van der Waals surface area contributed by atoms with Crippen molar-refractivity contribution in [1.29, 1.82) is 0 Å². The summed E-state index contributed by atoms with van der Waals surface area (Å²) in [4.78, 5) is 11.6. The highest BCUT2D eigenvalue weighted by Gasteiger charge is 2.15. The van der Waals surface area contributed by atoms with Gasteiger partial charge in [0.2, 0.25) is 5.95 Å². The fourth-order valence-corrected chi connectivity index (χ4v) is 2.39. The second-order valence-corrected chi connectivity index (χ2v) is 4.39. The molecule has 0 spiro atoms.